The summed E-state index contributed by atoms with van der Waals surface area (Å²) in [6.45, 7) is 2.54. The molecule has 78 valence electrons. The van der Waals surface area contributed by atoms with Gasteiger partial charge < -0.3 is 9.30 Å². The van der Waals surface area contributed by atoms with Gasteiger partial charge in [0.2, 0.25) is 0 Å². The van der Waals surface area contributed by atoms with E-state index in [2.05, 4.69) is 0 Å². The number of aldehydes is 1. The maximum Gasteiger partial charge on any atom is 0.150 e. The summed E-state index contributed by atoms with van der Waals surface area (Å²) in [5.74, 6) is 0.776. The Labute approximate surface area is 88.3 Å². The van der Waals surface area contributed by atoms with Gasteiger partial charge in [-0.2, -0.15) is 0 Å². The Morgan fingerprint density at radius 3 is 2.93 bits per heavy atom. The Morgan fingerprint density at radius 1 is 1.47 bits per heavy atom. The van der Waals surface area contributed by atoms with Crippen molar-refractivity contribution in [1.29, 1.82) is 0 Å². The van der Waals surface area contributed by atoms with Gasteiger partial charge in [0.05, 0.1) is 12.1 Å². The fourth-order valence-electron chi connectivity index (χ4n) is 1.70. The molecule has 15 heavy (non-hydrogen) atoms. The number of aryl methyl sites for hydroxylation is 1. The van der Waals surface area contributed by atoms with E-state index in [9.17, 15) is 4.79 Å². The number of fused-ring (bicyclic) bond motifs is 1. The normalized spacial score (nSPS) is 10.5. The standard InChI is InChI=1S/C12H13NO2/c1-3-15-12-7-9(8-14)6-11-10(12)4-5-13(11)2/h4-8H,3H2,1-2H3. The number of benzene rings is 1. The van der Waals surface area contributed by atoms with Crippen LogP contribution in [0.5, 0.6) is 5.75 Å². The van der Waals surface area contributed by atoms with Gasteiger partial charge in [-0.3, -0.25) is 4.79 Å². The van der Waals surface area contributed by atoms with Gasteiger partial charge >= 0.3 is 0 Å². The third-order valence-electron chi connectivity index (χ3n) is 2.42. The second-order valence-electron chi connectivity index (χ2n) is 3.43. The fraction of sp³-hybridized carbons (Fsp3) is 0.250. The molecule has 0 spiro atoms. The molecule has 0 aliphatic heterocycles. The van der Waals surface area contributed by atoms with E-state index in [1.54, 1.807) is 6.07 Å². The highest BCUT2D eigenvalue weighted by Gasteiger charge is 2.07. The molecule has 3 nitrogen and oxygen atoms in total. The fourth-order valence-corrected chi connectivity index (χ4v) is 1.70. The molecule has 1 heterocycles. The van der Waals surface area contributed by atoms with Crippen LogP contribution in [0, 0.1) is 0 Å². The number of nitrogens with zero attached hydrogens (tertiary/aromatic N) is 1. The molecule has 2 rings (SSSR count). The molecule has 1 aromatic carbocycles. The minimum absolute atomic E-state index is 0.603. The van der Waals surface area contributed by atoms with Crippen LogP contribution in [0.25, 0.3) is 10.9 Å². The van der Waals surface area contributed by atoms with Crippen LogP contribution in [-0.2, 0) is 7.05 Å². The van der Waals surface area contributed by atoms with Crippen LogP contribution in [-0.4, -0.2) is 17.5 Å². The Kier molecular flexibility index (Phi) is 2.46. The van der Waals surface area contributed by atoms with Crippen LogP contribution in [0.2, 0.25) is 0 Å². The van der Waals surface area contributed by atoms with E-state index >= 15 is 0 Å². The van der Waals surface area contributed by atoms with Gasteiger partial charge in [-0.05, 0) is 25.1 Å². The van der Waals surface area contributed by atoms with E-state index in [4.69, 9.17) is 4.74 Å². The van der Waals surface area contributed by atoms with Crippen molar-refractivity contribution in [2.24, 2.45) is 7.05 Å². The van der Waals surface area contributed by atoms with Crippen molar-refractivity contribution in [2.45, 2.75) is 6.92 Å². The first-order chi connectivity index (χ1) is 7.26. The van der Waals surface area contributed by atoms with Gasteiger partial charge in [-0.1, -0.05) is 0 Å². The molecular formula is C12H13NO2. The second-order valence-corrected chi connectivity index (χ2v) is 3.43. The summed E-state index contributed by atoms with van der Waals surface area (Å²) in [5, 5.41) is 1.05. The van der Waals surface area contributed by atoms with E-state index in [1.165, 1.54) is 0 Å². The second kappa shape index (κ2) is 3.77. The number of hydrogen-bond acceptors (Lipinski definition) is 2. The van der Waals surface area contributed by atoms with Crippen LogP contribution in [0.4, 0.5) is 0 Å². The first-order valence-electron chi connectivity index (χ1n) is 4.93. The molecule has 0 aliphatic carbocycles. The molecule has 0 saturated carbocycles. The number of ether oxygens (including phenoxy) is 1. The summed E-state index contributed by atoms with van der Waals surface area (Å²) in [6.07, 6.45) is 2.80. The minimum Gasteiger partial charge on any atom is -0.493 e. The van der Waals surface area contributed by atoms with Gasteiger partial charge in [0.25, 0.3) is 0 Å². The number of aromatic nitrogens is 1. The molecule has 0 radical (unpaired) electrons. The SMILES string of the molecule is CCOc1cc(C=O)cc2c1ccn2C. The molecule has 3 heteroatoms. The van der Waals surface area contributed by atoms with Crippen molar-refractivity contribution in [2.75, 3.05) is 6.61 Å². The third kappa shape index (κ3) is 1.61. The van der Waals surface area contributed by atoms with Crippen molar-refractivity contribution in [3.8, 4) is 5.75 Å². The van der Waals surface area contributed by atoms with Gasteiger partial charge in [0.1, 0.15) is 12.0 Å². The highest BCUT2D eigenvalue weighted by molar-refractivity contribution is 5.92. The van der Waals surface area contributed by atoms with Crippen molar-refractivity contribution in [1.82, 2.24) is 4.57 Å². The van der Waals surface area contributed by atoms with Crippen LogP contribution in [0.1, 0.15) is 17.3 Å². The van der Waals surface area contributed by atoms with E-state index in [-0.39, 0.29) is 0 Å². The lowest BCUT2D eigenvalue weighted by molar-refractivity contribution is 0.112. The Morgan fingerprint density at radius 2 is 2.27 bits per heavy atom. The maximum atomic E-state index is 10.8. The summed E-state index contributed by atoms with van der Waals surface area (Å²) >= 11 is 0. The molecule has 0 N–H and O–H groups in total. The summed E-state index contributed by atoms with van der Waals surface area (Å²) in [6, 6.07) is 5.64. The Hall–Kier alpha value is -1.77. The number of carbonyl (C=O) groups excluding carboxylic acids is 1. The quantitative estimate of drug-likeness (QED) is 0.717. The van der Waals surface area contributed by atoms with Crippen LogP contribution in [0.15, 0.2) is 24.4 Å². The molecule has 0 amide bonds. The average Bonchev–Trinajstić information content (AvgIpc) is 2.61. The number of rotatable bonds is 3. The summed E-state index contributed by atoms with van der Waals surface area (Å²) in [4.78, 5) is 10.8. The summed E-state index contributed by atoms with van der Waals surface area (Å²) in [7, 11) is 1.95. The molecule has 0 saturated heterocycles. The van der Waals surface area contributed by atoms with Gasteiger partial charge in [0.15, 0.2) is 0 Å². The number of hydrogen-bond donors (Lipinski definition) is 0. The van der Waals surface area contributed by atoms with Gasteiger partial charge in [-0.25, -0.2) is 0 Å². The lowest BCUT2D eigenvalue weighted by atomic mass is 10.1. The third-order valence-corrected chi connectivity index (χ3v) is 2.42. The molecule has 0 aliphatic rings. The highest BCUT2D eigenvalue weighted by Crippen LogP contribution is 2.27. The topological polar surface area (TPSA) is 31.2 Å². The smallest absolute Gasteiger partial charge is 0.150 e. The first kappa shape index (κ1) is 9.77. The molecule has 2 aromatic rings. The predicted molar refractivity (Wildman–Crippen MR) is 59.5 cm³/mol. The van der Waals surface area contributed by atoms with Crippen molar-refractivity contribution in [3.63, 3.8) is 0 Å². The average molecular weight is 203 g/mol. The largest absolute Gasteiger partial charge is 0.493 e. The Bertz CT molecular complexity index is 500. The van der Waals surface area contributed by atoms with Gasteiger partial charge in [-0.15, -0.1) is 0 Å². The lowest BCUT2D eigenvalue weighted by Gasteiger charge is -2.06. The highest BCUT2D eigenvalue weighted by atomic mass is 16.5. The zero-order chi connectivity index (χ0) is 10.8. The monoisotopic (exact) mass is 203 g/mol. The Balaban J connectivity index is 2.70. The molecule has 0 fully saturated rings. The molecule has 0 atom stereocenters. The zero-order valence-corrected chi connectivity index (χ0v) is 8.86. The summed E-state index contributed by atoms with van der Waals surface area (Å²) in [5.41, 5.74) is 1.66. The predicted octanol–water partition coefficient (Wildman–Crippen LogP) is 2.39. The van der Waals surface area contributed by atoms with Crippen LogP contribution < -0.4 is 4.74 Å². The van der Waals surface area contributed by atoms with E-state index in [0.29, 0.717) is 12.2 Å². The van der Waals surface area contributed by atoms with Gasteiger partial charge in [0, 0.05) is 24.2 Å². The van der Waals surface area contributed by atoms with E-state index in [0.717, 1.165) is 22.9 Å². The minimum atomic E-state index is 0.603. The van der Waals surface area contributed by atoms with Crippen molar-refractivity contribution < 1.29 is 9.53 Å². The lowest BCUT2D eigenvalue weighted by Crippen LogP contribution is -1.94. The maximum absolute atomic E-state index is 10.8. The summed E-state index contributed by atoms with van der Waals surface area (Å²) < 4.78 is 7.48. The van der Waals surface area contributed by atoms with Crippen molar-refractivity contribution >= 4 is 17.2 Å². The van der Waals surface area contributed by atoms with E-state index < -0.39 is 0 Å². The molecular weight excluding hydrogens is 190 g/mol. The molecule has 0 bridgehead atoms. The zero-order valence-electron chi connectivity index (χ0n) is 8.86. The molecule has 0 unspecified atom stereocenters. The van der Waals surface area contributed by atoms with Crippen molar-refractivity contribution in [3.05, 3.63) is 30.0 Å². The van der Waals surface area contributed by atoms with Crippen LogP contribution >= 0.6 is 0 Å². The molecule has 1 aromatic heterocycles. The van der Waals surface area contributed by atoms with E-state index in [1.807, 2.05) is 36.9 Å². The first-order valence-corrected chi connectivity index (χ1v) is 4.93. The number of carbonyl (C=O) groups is 1. The van der Waals surface area contributed by atoms with Crippen LogP contribution in [0.3, 0.4) is 0 Å².